The summed E-state index contributed by atoms with van der Waals surface area (Å²) < 4.78 is 15.9. The predicted molar refractivity (Wildman–Crippen MR) is 111 cm³/mol. The summed E-state index contributed by atoms with van der Waals surface area (Å²) in [7, 11) is 4.16. The monoisotopic (exact) mass is 418 g/mol. The average molecular weight is 419 g/mol. The van der Waals surface area contributed by atoms with Crippen LogP contribution in [0.2, 0.25) is 5.02 Å². The van der Waals surface area contributed by atoms with Gasteiger partial charge in [-0.15, -0.1) is 0 Å². The smallest absolute Gasteiger partial charge is 0.256 e. The van der Waals surface area contributed by atoms with E-state index in [4.69, 9.17) is 11.6 Å². The number of carbonyl (C=O) groups excluding carboxylic acids is 1. The maximum absolute atomic E-state index is 14.2. The van der Waals surface area contributed by atoms with Gasteiger partial charge in [0.05, 0.1) is 26.8 Å². The Balaban J connectivity index is 1.88. The molecule has 0 saturated carbocycles. The summed E-state index contributed by atoms with van der Waals surface area (Å²) in [6, 6.07) is 4.65. The first-order valence-electron chi connectivity index (χ1n) is 9.63. The molecule has 1 amide bonds. The second-order valence-electron chi connectivity index (χ2n) is 7.50. The molecule has 0 aliphatic rings. The minimum Gasteiger partial charge on any atom is -0.352 e. The Morgan fingerprint density at radius 1 is 1.28 bits per heavy atom. The SMILES string of the molecule is Cc1nc2c(C(=O)NCCC[NH+](C)C)cnn2c(C)c1Cc1c(F)cccc1Cl. The maximum atomic E-state index is 14.2. The number of hydrogen-bond donors (Lipinski definition) is 2. The van der Waals surface area contributed by atoms with E-state index in [1.165, 1.54) is 17.2 Å². The van der Waals surface area contributed by atoms with Gasteiger partial charge in [0.25, 0.3) is 5.91 Å². The summed E-state index contributed by atoms with van der Waals surface area (Å²) in [6.07, 6.45) is 2.73. The summed E-state index contributed by atoms with van der Waals surface area (Å²) in [6.45, 7) is 5.32. The molecule has 0 fully saturated rings. The van der Waals surface area contributed by atoms with Crippen LogP contribution in [0, 0.1) is 19.7 Å². The fraction of sp³-hybridized carbons (Fsp3) is 0.381. The Morgan fingerprint density at radius 3 is 2.72 bits per heavy atom. The molecule has 3 rings (SSSR count). The van der Waals surface area contributed by atoms with Crippen molar-refractivity contribution in [1.29, 1.82) is 0 Å². The molecule has 0 unspecified atom stereocenters. The fourth-order valence-electron chi connectivity index (χ4n) is 3.34. The van der Waals surface area contributed by atoms with Crippen LogP contribution in [-0.2, 0) is 6.42 Å². The Hall–Kier alpha value is -2.51. The van der Waals surface area contributed by atoms with E-state index >= 15 is 0 Å². The van der Waals surface area contributed by atoms with Gasteiger partial charge < -0.3 is 10.2 Å². The van der Waals surface area contributed by atoms with Crippen LogP contribution in [0.3, 0.4) is 0 Å². The molecule has 6 nitrogen and oxygen atoms in total. The van der Waals surface area contributed by atoms with Crippen LogP contribution >= 0.6 is 11.6 Å². The van der Waals surface area contributed by atoms with Crippen LogP contribution in [0.25, 0.3) is 5.65 Å². The zero-order chi connectivity index (χ0) is 21.1. The predicted octanol–water partition coefficient (Wildman–Crippen LogP) is 1.99. The van der Waals surface area contributed by atoms with Crippen LogP contribution in [0.5, 0.6) is 0 Å². The number of benzene rings is 1. The Bertz CT molecular complexity index is 1030. The standard InChI is InChI=1S/C21H25ClFN5O/c1-13-15(11-16-18(22)7-5-8-19(16)23)14(2)28-20(26-13)17(12-25-28)21(29)24-9-6-10-27(3)4/h5,7-8,12H,6,9-11H2,1-4H3,(H,24,29)/p+1. The maximum Gasteiger partial charge on any atom is 0.256 e. The third-order valence-electron chi connectivity index (χ3n) is 5.01. The molecule has 0 radical (unpaired) electrons. The molecule has 2 heterocycles. The third-order valence-corrected chi connectivity index (χ3v) is 5.36. The fourth-order valence-corrected chi connectivity index (χ4v) is 3.57. The molecule has 0 saturated heterocycles. The van der Waals surface area contributed by atoms with Gasteiger partial charge >= 0.3 is 0 Å². The van der Waals surface area contributed by atoms with Gasteiger partial charge in [0.2, 0.25) is 0 Å². The molecule has 2 N–H and O–H groups in total. The zero-order valence-corrected chi connectivity index (χ0v) is 17.9. The highest BCUT2D eigenvalue weighted by Crippen LogP contribution is 2.26. The van der Waals surface area contributed by atoms with Gasteiger partial charge in [-0.2, -0.15) is 5.10 Å². The lowest BCUT2D eigenvalue weighted by Crippen LogP contribution is -3.05. The molecule has 0 spiro atoms. The van der Waals surface area contributed by atoms with E-state index in [0.29, 0.717) is 34.8 Å². The summed E-state index contributed by atoms with van der Waals surface area (Å²) in [4.78, 5) is 18.5. The van der Waals surface area contributed by atoms with Crippen molar-refractivity contribution in [3.8, 4) is 0 Å². The minimum atomic E-state index is -0.350. The molecule has 8 heteroatoms. The first-order valence-corrected chi connectivity index (χ1v) is 10.0. The van der Waals surface area contributed by atoms with Gasteiger partial charge in [-0.3, -0.25) is 4.79 Å². The highest BCUT2D eigenvalue weighted by molar-refractivity contribution is 6.31. The van der Waals surface area contributed by atoms with Crippen LogP contribution < -0.4 is 10.2 Å². The van der Waals surface area contributed by atoms with E-state index in [0.717, 1.165) is 29.9 Å². The number of nitrogens with zero attached hydrogens (tertiary/aromatic N) is 3. The number of halogens is 2. The van der Waals surface area contributed by atoms with Crippen molar-refractivity contribution in [3.05, 3.63) is 63.3 Å². The molecule has 0 aliphatic heterocycles. The van der Waals surface area contributed by atoms with Gasteiger partial charge in [-0.25, -0.2) is 13.9 Å². The summed E-state index contributed by atoms with van der Waals surface area (Å²) in [5, 5.41) is 7.65. The molecular formula is C21H26ClFN5O+. The van der Waals surface area contributed by atoms with Crippen LogP contribution in [0.15, 0.2) is 24.4 Å². The highest BCUT2D eigenvalue weighted by Gasteiger charge is 2.19. The average Bonchev–Trinajstić information content (AvgIpc) is 3.08. The van der Waals surface area contributed by atoms with Gasteiger partial charge in [0.15, 0.2) is 5.65 Å². The quantitative estimate of drug-likeness (QED) is 0.577. The van der Waals surface area contributed by atoms with Crippen molar-refractivity contribution >= 4 is 23.2 Å². The van der Waals surface area contributed by atoms with Crippen molar-refractivity contribution in [3.63, 3.8) is 0 Å². The molecular weight excluding hydrogens is 393 g/mol. The van der Waals surface area contributed by atoms with E-state index in [1.54, 1.807) is 16.6 Å². The number of carbonyl (C=O) groups is 1. The zero-order valence-electron chi connectivity index (χ0n) is 17.1. The van der Waals surface area contributed by atoms with E-state index in [9.17, 15) is 9.18 Å². The minimum absolute atomic E-state index is 0.190. The lowest BCUT2D eigenvalue weighted by atomic mass is 10.0. The van der Waals surface area contributed by atoms with E-state index in [-0.39, 0.29) is 11.7 Å². The van der Waals surface area contributed by atoms with Crippen LogP contribution in [0.4, 0.5) is 4.39 Å². The molecule has 0 atom stereocenters. The van der Waals surface area contributed by atoms with E-state index in [1.807, 2.05) is 13.8 Å². The molecule has 0 aliphatic carbocycles. The molecule has 2 aromatic heterocycles. The number of fused-ring (bicyclic) bond motifs is 1. The van der Waals surface area contributed by atoms with Gasteiger partial charge in [-0.1, -0.05) is 17.7 Å². The number of aromatic nitrogens is 3. The Morgan fingerprint density at radius 2 is 2.03 bits per heavy atom. The number of nitrogens with one attached hydrogen (secondary N) is 2. The Labute approximate surface area is 174 Å². The summed E-state index contributed by atoms with van der Waals surface area (Å²) in [5.74, 6) is -0.540. The molecule has 1 aromatic carbocycles. The van der Waals surface area contributed by atoms with Crippen LogP contribution in [0.1, 0.15) is 39.3 Å². The molecule has 0 bridgehead atoms. The number of rotatable bonds is 7. The van der Waals surface area contributed by atoms with Crippen molar-refractivity contribution in [2.24, 2.45) is 0 Å². The molecule has 3 aromatic rings. The lowest BCUT2D eigenvalue weighted by Gasteiger charge is -2.13. The number of amides is 1. The first-order chi connectivity index (χ1) is 13.8. The van der Waals surface area contributed by atoms with Crippen molar-refractivity contribution < 1.29 is 14.1 Å². The van der Waals surface area contributed by atoms with Gasteiger partial charge in [-0.05, 0) is 31.5 Å². The second kappa shape index (κ2) is 8.88. The van der Waals surface area contributed by atoms with Crippen molar-refractivity contribution in [1.82, 2.24) is 19.9 Å². The Kier molecular flexibility index (Phi) is 6.49. The second-order valence-corrected chi connectivity index (χ2v) is 7.91. The summed E-state index contributed by atoms with van der Waals surface area (Å²) in [5.41, 5.74) is 3.73. The highest BCUT2D eigenvalue weighted by atomic mass is 35.5. The van der Waals surface area contributed by atoms with Crippen LogP contribution in [-0.4, -0.2) is 47.7 Å². The first kappa shape index (κ1) is 21.2. The summed E-state index contributed by atoms with van der Waals surface area (Å²) >= 11 is 6.19. The van der Waals surface area contributed by atoms with E-state index < -0.39 is 0 Å². The number of aryl methyl sites for hydroxylation is 2. The molecule has 29 heavy (non-hydrogen) atoms. The normalized spacial score (nSPS) is 11.4. The van der Waals surface area contributed by atoms with Gasteiger partial charge in [0.1, 0.15) is 11.4 Å². The van der Waals surface area contributed by atoms with Gasteiger partial charge in [0, 0.05) is 41.4 Å². The largest absolute Gasteiger partial charge is 0.352 e. The molecule has 154 valence electrons. The third kappa shape index (κ3) is 4.57. The topological polar surface area (TPSA) is 63.7 Å². The van der Waals surface area contributed by atoms with Crippen molar-refractivity contribution in [2.75, 3.05) is 27.2 Å². The number of quaternary nitrogens is 1. The lowest BCUT2D eigenvalue weighted by molar-refractivity contribution is -0.858. The van der Waals surface area contributed by atoms with Crippen molar-refractivity contribution in [2.45, 2.75) is 26.7 Å². The number of hydrogen-bond acceptors (Lipinski definition) is 3. The van der Waals surface area contributed by atoms with E-state index in [2.05, 4.69) is 29.5 Å².